The molecule has 0 aliphatic rings. The molecule has 3 aromatic rings. The van der Waals surface area contributed by atoms with Gasteiger partial charge >= 0.3 is 11.7 Å². The molecule has 30 heavy (non-hydrogen) atoms. The highest BCUT2D eigenvalue weighted by Crippen LogP contribution is 2.21. The van der Waals surface area contributed by atoms with E-state index >= 15 is 0 Å². The summed E-state index contributed by atoms with van der Waals surface area (Å²) in [5.74, 6) is -1.76. The normalized spacial score (nSPS) is 11.7. The molecule has 8 heteroatoms. The summed E-state index contributed by atoms with van der Waals surface area (Å²) in [5, 5.41) is 4.05. The zero-order valence-corrected chi connectivity index (χ0v) is 16.9. The highest BCUT2D eigenvalue weighted by Gasteiger charge is 2.28. The van der Waals surface area contributed by atoms with E-state index in [1.165, 1.54) is 0 Å². The number of aromatic nitrogens is 2. The van der Waals surface area contributed by atoms with E-state index in [1.54, 1.807) is 53.4 Å². The number of likely N-dealkylation sites (N-methyl/N-ethyl adjacent to an activating group) is 1. The molecule has 0 spiro atoms. The number of ether oxygens (including phenoxy) is 1. The van der Waals surface area contributed by atoms with Gasteiger partial charge in [-0.15, -0.1) is 5.10 Å². The van der Waals surface area contributed by atoms with E-state index in [0.717, 1.165) is 4.68 Å². The average Bonchev–Trinajstić information content (AvgIpc) is 3.14. The molecule has 1 aromatic heterocycles. The molecule has 0 aliphatic heterocycles. The maximum Gasteiger partial charge on any atom is 0.437 e. The maximum atomic E-state index is 12.9. The highest BCUT2D eigenvalue weighted by atomic mass is 16.5. The lowest BCUT2D eigenvalue weighted by atomic mass is 10.1. The molecule has 3 rings (SSSR count). The number of hydrogen-bond donors (Lipinski definition) is 0. The minimum Gasteiger partial charge on any atom is -0.446 e. The standard InChI is InChI=1S/C22H23N3O5/c1-3-24(4-2)21(27)19(16-11-7-5-8-12-16)29-18(26)15-25-22(28)30-20(23-25)17-13-9-6-10-14-17/h5-14,19H,3-4,15H2,1-2H3/t19-/m1/s1. The number of benzene rings is 2. The molecule has 0 saturated heterocycles. The molecule has 0 N–H and O–H groups in total. The van der Waals surface area contributed by atoms with E-state index in [9.17, 15) is 14.4 Å². The highest BCUT2D eigenvalue weighted by molar-refractivity contribution is 5.85. The third kappa shape index (κ3) is 4.83. The van der Waals surface area contributed by atoms with Crippen LogP contribution in [-0.2, 0) is 20.9 Å². The van der Waals surface area contributed by atoms with E-state index in [1.807, 2.05) is 26.0 Å². The maximum absolute atomic E-state index is 12.9. The van der Waals surface area contributed by atoms with Crippen LogP contribution in [0.1, 0.15) is 25.5 Å². The van der Waals surface area contributed by atoms with Gasteiger partial charge in [-0.2, -0.15) is 4.68 Å². The van der Waals surface area contributed by atoms with Crippen molar-refractivity contribution >= 4 is 11.9 Å². The van der Waals surface area contributed by atoms with Gasteiger partial charge in [-0.3, -0.25) is 9.59 Å². The van der Waals surface area contributed by atoms with E-state index in [0.29, 0.717) is 24.2 Å². The van der Waals surface area contributed by atoms with Crippen LogP contribution in [0.5, 0.6) is 0 Å². The van der Waals surface area contributed by atoms with Crippen LogP contribution >= 0.6 is 0 Å². The topological polar surface area (TPSA) is 94.6 Å². The monoisotopic (exact) mass is 409 g/mol. The van der Waals surface area contributed by atoms with Gasteiger partial charge < -0.3 is 14.1 Å². The Hall–Kier alpha value is -3.68. The van der Waals surface area contributed by atoms with Crippen LogP contribution in [0, 0.1) is 0 Å². The number of nitrogens with zero attached hydrogens (tertiary/aromatic N) is 3. The molecule has 0 aliphatic carbocycles. The van der Waals surface area contributed by atoms with Crippen molar-refractivity contribution in [3.05, 3.63) is 76.8 Å². The molecule has 1 atom stereocenters. The summed E-state index contributed by atoms with van der Waals surface area (Å²) < 4.78 is 11.5. The van der Waals surface area contributed by atoms with Crippen molar-refractivity contribution in [2.45, 2.75) is 26.5 Å². The van der Waals surface area contributed by atoms with E-state index in [2.05, 4.69) is 5.10 Å². The number of hydrogen-bond acceptors (Lipinski definition) is 6. The fourth-order valence-corrected chi connectivity index (χ4v) is 2.98. The quantitative estimate of drug-likeness (QED) is 0.531. The Labute approximate surface area is 173 Å². The predicted molar refractivity (Wildman–Crippen MR) is 109 cm³/mol. The summed E-state index contributed by atoms with van der Waals surface area (Å²) in [6.07, 6.45) is -1.10. The fourth-order valence-electron chi connectivity index (χ4n) is 2.98. The van der Waals surface area contributed by atoms with Gasteiger partial charge in [-0.05, 0) is 26.0 Å². The third-order valence-electron chi connectivity index (χ3n) is 4.56. The number of rotatable bonds is 8. The molecule has 0 radical (unpaired) electrons. The Morgan fingerprint density at radius 3 is 2.23 bits per heavy atom. The Morgan fingerprint density at radius 2 is 1.63 bits per heavy atom. The lowest BCUT2D eigenvalue weighted by Gasteiger charge is -2.25. The van der Waals surface area contributed by atoms with Crippen molar-refractivity contribution in [1.82, 2.24) is 14.7 Å². The molecule has 0 fully saturated rings. The Kier molecular flexibility index (Phi) is 6.79. The van der Waals surface area contributed by atoms with Crippen LogP contribution in [0.2, 0.25) is 0 Å². The Bertz CT molecular complexity index is 1040. The van der Waals surface area contributed by atoms with Crippen LogP contribution in [0.15, 0.2) is 69.9 Å². The summed E-state index contributed by atoms with van der Waals surface area (Å²) in [5.41, 5.74) is 1.17. The molecule has 156 valence electrons. The SMILES string of the molecule is CCN(CC)C(=O)[C@H](OC(=O)Cn1nc(-c2ccccc2)oc1=O)c1ccccc1. The van der Waals surface area contributed by atoms with E-state index < -0.39 is 24.4 Å². The van der Waals surface area contributed by atoms with Crippen LogP contribution < -0.4 is 5.76 Å². The van der Waals surface area contributed by atoms with Crippen molar-refractivity contribution in [2.75, 3.05) is 13.1 Å². The van der Waals surface area contributed by atoms with Crippen LogP contribution in [-0.4, -0.2) is 39.6 Å². The predicted octanol–water partition coefficient (Wildman–Crippen LogP) is 2.66. The van der Waals surface area contributed by atoms with Crippen molar-refractivity contribution < 1.29 is 18.7 Å². The zero-order valence-electron chi connectivity index (χ0n) is 16.9. The number of carbonyl (C=O) groups excluding carboxylic acids is 2. The number of carbonyl (C=O) groups is 2. The van der Waals surface area contributed by atoms with Gasteiger partial charge in [-0.1, -0.05) is 48.5 Å². The van der Waals surface area contributed by atoms with Crippen LogP contribution in [0.3, 0.4) is 0 Å². The van der Waals surface area contributed by atoms with Gasteiger partial charge in [0.05, 0.1) is 0 Å². The molecule has 0 bridgehead atoms. The van der Waals surface area contributed by atoms with E-state index in [-0.39, 0.29) is 11.8 Å². The second kappa shape index (κ2) is 9.69. The van der Waals surface area contributed by atoms with Gasteiger partial charge in [0, 0.05) is 24.2 Å². The molecule has 0 saturated carbocycles. The lowest BCUT2D eigenvalue weighted by molar-refractivity contribution is -0.161. The largest absolute Gasteiger partial charge is 0.446 e. The number of amides is 1. The van der Waals surface area contributed by atoms with Crippen molar-refractivity contribution in [3.63, 3.8) is 0 Å². The smallest absolute Gasteiger partial charge is 0.437 e. The molecule has 8 nitrogen and oxygen atoms in total. The third-order valence-corrected chi connectivity index (χ3v) is 4.56. The van der Waals surface area contributed by atoms with Crippen molar-refractivity contribution in [1.29, 1.82) is 0 Å². The van der Waals surface area contributed by atoms with Gasteiger partial charge in [0.1, 0.15) is 6.54 Å². The molecule has 1 heterocycles. The van der Waals surface area contributed by atoms with Gasteiger partial charge in [0.15, 0.2) is 0 Å². The van der Waals surface area contributed by atoms with Gasteiger partial charge in [-0.25, -0.2) is 4.79 Å². The first kappa shape index (κ1) is 21.0. The second-order valence-corrected chi connectivity index (χ2v) is 6.49. The first-order valence-electron chi connectivity index (χ1n) is 9.70. The molecule has 2 aromatic carbocycles. The van der Waals surface area contributed by atoms with E-state index in [4.69, 9.17) is 9.15 Å². The summed E-state index contributed by atoms with van der Waals surface area (Å²) in [7, 11) is 0. The summed E-state index contributed by atoms with van der Waals surface area (Å²) >= 11 is 0. The number of esters is 1. The van der Waals surface area contributed by atoms with Crippen LogP contribution in [0.4, 0.5) is 0 Å². The summed E-state index contributed by atoms with van der Waals surface area (Å²) in [6, 6.07) is 17.6. The van der Waals surface area contributed by atoms with Gasteiger partial charge in [0.2, 0.25) is 12.0 Å². The zero-order chi connectivity index (χ0) is 21.5. The Morgan fingerprint density at radius 1 is 1.03 bits per heavy atom. The van der Waals surface area contributed by atoms with Crippen LogP contribution in [0.25, 0.3) is 11.5 Å². The minimum atomic E-state index is -1.10. The minimum absolute atomic E-state index is 0.104. The molecule has 1 amide bonds. The average molecular weight is 409 g/mol. The second-order valence-electron chi connectivity index (χ2n) is 6.49. The van der Waals surface area contributed by atoms with Gasteiger partial charge in [0.25, 0.3) is 5.91 Å². The Balaban J connectivity index is 1.79. The first-order valence-corrected chi connectivity index (χ1v) is 9.70. The fraction of sp³-hybridized carbons (Fsp3) is 0.273. The molecular weight excluding hydrogens is 386 g/mol. The lowest BCUT2D eigenvalue weighted by Crippen LogP contribution is -2.37. The summed E-state index contributed by atoms with van der Waals surface area (Å²) in [4.78, 5) is 39.1. The first-order chi connectivity index (χ1) is 14.5. The van der Waals surface area contributed by atoms with Crippen molar-refractivity contribution in [2.24, 2.45) is 0 Å². The van der Waals surface area contributed by atoms with Crippen molar-refractivity contribution in [3.8, 4) is 11.5 Å². The molecular formula is C22H23N3O5. The molecule has 0 unspecified atom stereocenters. The summed E-state index contributed by atoms with van der Waals surface area (Å²) in [6.45, 7) is 4.21.